The molecule has 6 nitrogen and oxygen atoms in total. The molecule has 0 spiro atoms. The Morgan fingerprint density at radius 3 is 2.89 bits per heavy atom. The third-order valence-electron chi connectivity index (χ3n) is 4.78. The Morgan fingerprint density at radius 1 is 1.30 bits per heavy atom. The van der Waals surface area contributed by atoms with Gasteiger partial charge in [0.1, 0.15) is 0 Å². The van der Waals surface area contributed by atoms with Crippen LogP contribution in [0.2, 0.25) is 5.02 Å². The van der Waals surface area contributed by atoms with E-state index in [0.717, 1.165) is 34.5 Å². The van der Waals surface area contributed by atoms with Gasteiger partial charge in [0.05, 0.1) is 28.5 Å². The first-order valence-electron chi connectivity index (χ1n) is 9.01. The Balaban J connectivity index is 1.80. The van der Waals surface area contributed by atoms with Crippen molar-refractivity contribution in [3.8, 4) is 0 Å². The number of hydrogen-bond donors (Lipinski definition) is 0. The molecule has 1 atom stereocenters. The van der Waals surface area contributed by atoms with E-state index < -0.39 is 0 Å². The number of nitrogens with zero attached hydrogens (tertiary/aromatic N) is 5. The van der Waals surface area contributed by atoms with E-state index in [9.17, 15) is 4.79 Å². The number of rotatable bonds is 4. The number of hydrogen-bond acceptors (Lipinski definition) is 4. The summed E-state index contributed by atoms with van der Waals surface area (Å²) in [7, 11) is 0. The van der Waals surface area contributed by atoms with Crippen molar-refractivity contribution in [2.75, 3.05) is 0 Å². The Hall–Kier alpha value is -2.73. The summed E-state index contributed by atoms with van der Waals surface area (Å²) >= 11 is 6.12. The fourth-order valence-corrected chi connectivity index (χ4v) is 3.59. The van der Waals surface area contributed by atoms with Crippen molar-refractivity contribution in [3.05, 3.63) is 64.7 Å². The Bertz CT molecular complexity index is 1030. The zero-order valence-corrected chi connectivity index (χ0v) is 16.0. The molecule has 0 saturated carbocycles. The van der Waals surface area contributed by atoms with Gasteiger partial charge in [-0.15, -0.1) is 0 Å². The van der Waals surface area contributed by atoms with Gasteiger partial charge >= 0.3 is 0 Å². The molecule has 1 aliphatic heterocycles. The van der Waals surface area contributed by atoms with E-state index in [1.54, 1.807) is 28.1 Å². The van der Waals surface area contributed by atoms with Crippen molar-refractivity contribution in [1.29, 1.82) is 0 Å². The highest BCUT2D eigenvalue weighted by atomic mass is 35.5. The molecule has 4 rings (SSSR count). The molecule has 0 saturated heterocycles. The molecule has 1 aliphatic rings. The van der Waals surface area contributed by atoms with Crippen LogP contribution in [0.5, 0.6) is 0 Å². The number of fused-ring (bicyclic) bond motifs is 1. The number of aromatic nitrogens is 3. The standard InChI is InChI=1S/C20H20ClN5O/c1-3-16-19(17-7-6-15(21)12-25(17)23-16)20-13(2)9-18(27)26(24-20)11-14-5-4-8-22-10-14/h4-8,10,12-13H,3,9,11H2,1-2H3. The molecule has 3 aromatic heterocycles. The van der Waals surface area contributed by atoms with Crippen LogP contribution < -0.4 is 0 Å². The van der Waals surface area contributed by atoms with E-state index in [4.69, 9.17) is 16.7 Å². The number of carbonyl (C=O) groups excluding carboxylic acids is 1. The second kappa shape index (κ2) is 7.12. The first-order valence-corrected chi connectivity index (χ1v) is 9.39. The lowest BCUT2D eigenvalue weighted by atomic mass is 9.92. The van der Waals surface area contributed by atoms with Gasteiger partial charge in [-0.25, -0.2) is 9.52 Å². The normalized spacial score (nSPS) is 17.4. The second-order valence-electron chi connectivity index (χ2n) is 6.76. The minimum Gasteiger partial charge on any atom is -0.273 e. The van der Waals surface area contributed by atoms with E-state index in [1.807, 2.05) is 31.2 Å². The van der Waals surface area contributed by atoms with Gasteiger partial charge in [0.15, 0.2) is 0 Å². The Labute approximate surface area is 162 Å². The molecule has 1 amide bonds. The average Bonchev–Trinajstić information content (AvgIpc) is 3.02. The van der Waals surface area contributed by atoms with Gasteiger partial charge in [0, 0.05) is 36.5 Å². The maximum absolute atomic E-state index is 12.5. The SMILES string of the molecule is CCc1nn2cc(Cl)ccc2c1C1=NN(Cc2cccnc2)C(=O)CC1C. The third-order valence-corrected chi connectivity index (χ3v) is 5.00. The van der Waals surface area contributed by atoms with Crippen LogP contribution >= 0.6 is 11.6 Å². The minimum absolute atomic E-state index is 0.0210. The molecule has 3 aromatic rings. The summed E-state index contributed by atoms with van der Waals surface area (Å²) in [5.41, 5.74) is 4.76. The van der Waals surface area contributed by atoms with Crippen LogP contribution in [0, 0.1) is 5.92 Å². The Morgan fingerprint density at radius 2 is 2.15 bits per heavy atom. The summed E-state index contributed by atoms with van der Waals surface area (Å²) in [6, 6.07) is 7.62. The summed E-state index contributed by atoms with van der Waals surface area (Å²) in [6.45, 7) is 4.52. The topological polar surface area (TPSA) is 62.9 Å². The van der Waals surface area contributed by atoms with Gasteiger partial charge < -0.3 is 0 Å². The van der Waals surface area contributed by atoms with E-state index in [0.29, 0.717) is 18.0 Å². The van der Waals surface area contributed by atoms with Gasteiger partial charge in [-0.1, -0.05) is 31.5 Å². The molecule has 0 N–H and O–H groups in total. The lowest BCUT2D eigenvalue weighted by Gasteiger charge is -2.27. The molecular formula is C20H20ClN5O. The average molecular weight is 382 g/mol. The summed E-state index contributed by atoms with van der Waals surface area (Å²) in [4.78, 5) is 16.7. The highest BCUT2D eigenvalue weighted by Crippen LogP contribution is 2.28. The van der Waals surface area contributed by atoms with E-state index in [2.05, 4.69) is 17.0 Å². The third kappa shape index (κ3) is 3.32. The first kappa shape index (κ1) is 17.7. The summed E-state index contributed by atoms with van der Waals surface area (Å²) < 4.78 is 1.80. The molecule has 0 radical (unpaired) electrons. The lowest BCUT2D eigenvalue weighted by molar-refractivity contribution is -0.133. The zero-order chi connectivity index (χ0) is 19.0. The van der Waals surface area contributed by atoms with Crippen molar-refractivity contribution in [2.45, 2.75) is 33.2 Å². The number of aryl methyl sites for hydroxylation is 1. The number of halogens is 1. The van der Waals surface area contributed by atoms with Crippen molar-refractivity contribution >= 4 is 28.7 Å². The molecule has 0 aliphatic carbocycles. The van der Waals surface area contributed by atoms with Crippen LogP contribution in [0.1, 0.15) is 37.1 Å². The summed E-state index contributed by atoms with van der Waals surface area (Å²) in [5, 5.41) is 11.6. The first-order chi connectivity index (χ1) is 13.1. The smallest absolute Gasteiger partial charge is 0.243 e. The van der Waals surface area contributed by atoms with Crippen LogP contribution in [-0.4, -0.2) is 31.2 Å². The molecule has 0 aromatic carbocycles. The van der Waals surface area contributed by atoms with E-state index >= 15 is 0 Å². The van der Waals surface area contributed by atoms with Crippen molar-refractivity contribution < 1.29 is 4.79 Å². The lowest BCUT2D eigenvalue weighted by Crippen LogP contribution is -2.36. The van der Waals surface area contributed by atoms with Gasteiger partial charge in [-0.05, 0) is 30.2 Å². The largest absolute Gasteiger partial charge is 0.273 e. The van der Waals surface area contributed by atoms with Crippen LogP contribution in [0.25, 0.3) is 5.52 Å². The van der Waals surface area contributed by atoms with Crippen molar-refractivity contribution in [1.82, 2.24) is 19.6 Å². The summed E-state index contributed by atoms with van der Waals surface area (Å²) in [6.07, 6.45) is 6.47. The molecule has 4 heterocycles. The van der Waals surface area contributed by atoms with Crippen molar-refractivity contribution in [2.24, 2.45) is 11.0 Å². The van der Waals surface area contributed by atoms with Crippen LogP contribution in [0.4, 0.5) is 0 Å². The Kier molecular flexibility index (Phi) is 4.66. The van der Waals surface area contributed by atoms with E-state index in [1.165, 1.54) is 0 Å². The number of hydrazone groups is 1. The predicted octanol–water partition coefficient (Wildman–Crippen LogP) is 3.72. The molecule has 138 valence electrons. The van der Waals surface area contributed by atoms with Gasteiger partial charge in [-0.2, -0.15) is 10.2 Å². The number of carbonyl (C=O) groups is 1. The maximum atomic E-state index is 12.5. The van der Waals surface area contributed by atoms with Crippen LogP contribution in [-0.2, 0) is 17.8 Å². The van der Waals surface area contributed by atoms with Gasteiger partial charge in [-0.3, -0.25) is 9.78 Å². The molecule has 0 bridgehead atoms. The molecular weight excluding hydrogens is 362 g/mol. The highest BCUT2D eigenvalue weighted by Gasteiger charge is 2.30. The quantitative estimate of drug-likeness (QED) is 0.692. The van der Waals surface area contributed by atoms with Gasteiger partial charge in [0.2, 0.25) is 5.91 Å². The van der Waals surface area contributed by atoms with Crippen molar-refractivity contribution in [3.63, 3.8) is 0 Å². The number of pyridine rings is 2. The van der Waals surface area contributed by atoms with E-state index in [-0.39, 0.29) is 11.8 Å². The summed E-state index contributed by atoms with van der Waals surface area (Å²) in [5.74, 6) is 0.0456. The predicted molar refractivity (Wildman–Crippen MR) is 105 cm³/mol. The van der Waals surface area contributed by atoms with Crippen LogP contribution in [0.15, 0.2) is 48.0 Å². The molecule has 7 heteroatoms. The maximum Gasteiger partial charge on any atom is 0.243 e. The number of amides is 1. The monoisotopic (exact) mass is 381 g/mol. The molecule has 27 heavy (non-hydrogen) atoms. The second-order valence-corrected chi connectivity index (χ2v) is 7.19. The zero-order valence-electron chi connectivity index (χ0n) is 15.3. The fraction of sp³-hybridized carbons (Fsp3) is 0.300. The van der Waals surface area contributed by atoms with Crippen LogP contribution in [0.3, 0.4) is 0 Å². The molecule has 1 unspecified atom stereocenters. The fourth-order valence-electron chi connectivity index (χ4n) is 3.43. The van der Waals surface area contributed by atoms with Gasteiger partial charge in [0.25, 0.3) is 0 Å². The minimum atomic E-state index is 0.0210. The molecule has 0 fully saturated rings. The highest BCUT2D eigenvalue weighted by molar-refractivity contribution is 6.30.